The van der Waals surface area contributed by atoms with E-state index in [1.807, 2.05) is 31.2 Å². The van der Waals surface area contributed by atoms with Crippen LogP contribution in [0.3, 0.4) is 0 Å². The van der Waals surface area contributed by atoms with Gasteiger partial charge in [0.1, 0.15) is 0 Å². The summed E-state index contributed by atoms with van der Waals surface area (Å²) in [6.45, 7) is 1.92. The lowest BCUT2D eigenvalue weighted by molar-refractivity contribution is -0.139. The molecule has 2 aliphatic rings. The van der Waals surface area contributed by atoms with E-state index >= 15 is 0 Å². The molecular formula is C17H16O4. The fraction of sp³-hybridized carbons (Fsp3) is 0.176. The van der Waals surface area contributed by atoms with Gasteiger partial charge in [-0.15, -0.1) is 0 Å². The van der Waals surface area contributed by atoms with Crippen LogP contribution in [0.4, 0.5) is 0 Å². The number of carbonyl (C=O) groups is 2. The summed E-state index contributed by atoms with van der Waals surface area (Å²) in [5.74, 6) is -1.14. The summed E-state index contributed by atoms with van der Waals surface area (Å²) in [6.07, 6.45) is 12.6. The quantitative estimate of drug-likeness (QED) is 0.731. The van der Waals surface area contributed by atoms with Gasteiger partial charge in [-0.25, -0.2) is 9.59 Å². The second-order valence-electron chi connectivity index (χ2n) is 4.53. The minimum Gasteiger partial charge on any atom is -0.465 e. The smallest absolute Gasteiger partial charge is 0.339 e. The summed E-state index contributed by atoms with van der Waals surface area (Å²) in [4.78, 5) is 24.2. The SMILES string of the molecule is COC(=O)C1=CC=C(C)C2=CC=CC=CC2=C1C(=O)OC. The molecule has 0 heterocycles. The van der Waals surface area contributed by atoms with Crippen molar-refractivity contribution in [1.29, 1.82) is 0 Å². The Kier molecular flexibility index (Phi) is 4.38. The molecule has 0 saturated heterocycles. The van der Waals surface area contributed by atoms with Crippen LogP contribution in [0.25, 0.3) is 0 Å². The van der Waals surface area contributed by atoms with Crippen molar-refractivity contribution >= 4 is 11.9 Å². The lowest BCUT2D eigenvalue weighted by atomic mass is 9.93. The van der Waals surface area contributed by atoms with Gasteiger partial charge in [0.15, 0.2) is 0 Å². The third-order valence-electron chi connectivity index (χ3n) is 3.30. The molecule has 4 nitrogen and oxygen atoms in total. The summed E-state index contributed by atoms with van der Waals surface area (Å²) in [6, 6.07) is 0. The number of esters is 2. The van der Waals surface area contributed by atoms with Gasteiger partial charge in [0.25, 0.3) is 0 Å². The number of ether oxygens (including phenoxy) is 2. The Hall–Kier alpha value is -2.62. The fourth-order valence-electron chi connectivity index (χ4n) is 2.24. The van der Waals surface area contributed by atoms with E-state index in [0.717, 1.165) is 11.1 Å². The highest BCUT2D eigenvalue weighted by Gasteiger charge is 2.28. The predicted molar refractivity (Wildman–Crippen MR) is 79.3 cm³/mol. The normalized spacial score (nSPS) is 17.0. The summed E-state index contributed by atoms with van der Waals surface area (Å²) >= 11 is 0. The topological polar surface area (TPSA) is 52.6 Å². The van der Waals surface area contributed by atoms with E-state index in [9.17, 15) is 9.59 Å². The molecule has 108 valence electrons. The highest BCUT2D eigenvalue weighted by Crippen LogP contribution is 2.32. The van der Waals surface area contributed by atoms with Crippen molar-refractivity contribution in [1.82, 2.24) is 0 Å². The number of hydrogen-bond donors (Lipinski definition) is 0. The molecule has 0 unspecified atom stereocenters. The molecule has 0 aliphatic heterocycles. The lowest BCUT2D eigenvalue weighted by Crippen LogP contribution is -2.16. The Bertz CT molecular complexity index is 667. The van der Waals surface area contributed by atoms with Crippen LogP contribution in [0, 0.1) is 0 Å². The zero-order chi connectivity index (χ0) is 15.4. The maximum Gasteiger partial charge on any atom is 0.339 e. The number of hydrogen-bond acceptors (Lipinski definition) is 4. The molecule has 0 amide bonds. The maximum absolute atomic E-state index is 12.2. The van der Waals surface area contributed by atoms with Crippen LogP contribution in [-0.2, 0) is 19.1 Å². The van der Waals surface area contributed by atoms with Crippen molar-refractivity contribution in [2.75, 3.05) is 14.2 Å². The Morgan fingerprint density at radius 1 is 0.905 bits per heavy atom. The van der Waals surface area contributed by atoms with Gasteiger partial charge in [-0.3, -0.25) is 0 Å². The molecule has 4 heteroatoms. The zero-order valence-electron chi connectivity index (χ0n) is 12.2. The van der Waals surface area contributed by atoms with Gasteiger partial charge in [0.2, 0.25) is 0 Å². The van der Waals surface area contributed by atoms with Crippen LogP contribution in [0.2, 0.25) is 0 Å². The minimum atomic E-state index is -0.571. The van der Waals surface area contributed by atoms with Gasteiger partial charge in [-0.1, -0.05) is 36.5 Å². The summed E-state index contributed by atoms with van der Waals surface area (Å²) < 4.78 is 9.62. The van der Waals surface area contributed by atoms with Gasteiger partial charge < -0.3 is 9.47 Å². The minimum absolute atomic E-state index is 0.189. The van der Waals surface area contributed by atoms with E-state index in [2.05, 4.69) is 0 Å². The van der Waals surface area contributed by atoms with Crippen molar-refractivity contribution in [3.63, 3.8) is 0 Å². The predicted octanol–water partition coefficient (Wildman–Crippen LogP) is 2.57. The van der Waals surface area contributed by atoms with Crippen LogP contribution in [-0.4, -0.2) is 26.2 Å². The van der Waals surface area contributed by atoms with E-state index < -0.39 is 11.9 Å². The monoisotopic (exact) mass is 284 g/mol. The Morgan fingerprint density at radius 3 is 2.29 bits per heavy atom. The van der Waals surface area contributed by atoms with Gasteiger partial charge >= 0.3 is 11.9 Å². The van der Waals surface area contributed by atoms with E-state index in [-0.39, 0.29) is 11.1 Å². The first-order valence-corrected chi connectivity index (χ1v) is 6.45. The Morgan fingerprint density at radius 2 is 1.62 bits per heavy atom. The average Bonchev–Trinajstić information content (AvgIpc) is 2.81. The highest BCUT2D eigenvalue weighted by atomic mass is 16.5. The molecule has 0 aromatic heterocycles. The van der Waals surface area contributed by atoms with E-state index in [1.165, 1.54) is 14.2 Å². The molecule has 0 fully saturated rings. The highest BCUT2D eigenvalue weighted by molar-refractivity contribution is 6.09. The molecule has 0 saturated carbocycles. The van der Waals surface area contributed by atoms with E-state index in [4.69, 9.17) is 9.47 Å². The molecule has 0 spiro atoms. The maximum atomic E-state index is 12.2. The third-order valence-corrected chi connectivity index (χ3v) is 3.30. The molecule has 0 aromatic rings. The Balaban J connectivity index is 2.76. The molecule has 0 N–H and O–H groups in total. The molecule has 0 bridgehead atoms. The number of allylic oxidation sites excluding steroid dienone is 10. The molecule has 2 aliphatic carbocycles. The first-order valence-electron chi connectivity index (χ1n) is 6.45. The van der Waals surface area contributed by atoms with Crippen molar-refractivity contribution in [3.8, 4) is 0 Å². The number of rotatable bonds is 2. The van der Waals surface area contributed by atoms with Crippen LogP contribution in [0.15, 0.2) is 70.4 Å². The van der Waals surface area contributed by atoms with E-state index in [1.54, 1.807) is 18.2 Å². The summed E-state index contributed by atoms with van der Waals surface area (Å²) in [7, 11) is 2.57. The standard InChI is InChI=1S/C17H16O4/c1-11-9-10-14(16(18)20-2)15(17(19)21-3)13-8-6-4-5-7-12(11)13/h4-10H,1-3H3. The first kappa shape index (κ1) is 14.8. The second kappa shape index (κ2) is 6.22. The zero-order valence-corrected chi connectivity index (χ0v) is 12.2. The number of fused-ring (bicyclic) bond motifs is 1. The van der Waals surface area contributed by atoms with Crippen LogP contribution < -0.4 is 0 Å². The average molecular weight is 284 g/mol. The van der Waals surface area contributed by atoms with Crippen molar-refractivity contribution in [3.05, 3.63) is 70.4 Å². The van der Waals surface area contributed by atoms with Crippen molar-refractivity contribution < 1.29 is 19.1 Å². The summed E-state index contributed by atoms with van der Waals surface area (Å²) in [5.41, 5.74) is 2.86. The van der Waals surface area contributed by atoms with Gasteiger partial charge in [-0.05, 0) is 29.7 Å². The van der Waals surface area contributed by atoms with Crippen molar-refractivity contribution in [2.45, 2.75) is 6.92 Å². The molecular weight excluding hydrogens is 268 g/mol. The number of methoxy groups -OCH3 is 2. The molecule has 2 rings (SSSR count). The van der Waals surface area contributed by atoms with Gasteiger partial charge in [-0.2, -0.15) is 0 Å². The van der Waals surface area contributed by atoms with Gasteiger partial charge in [0.05, 0.1) is 25.4 Å². The lowest BCUT2D eigenvalue weighted by Gasteiger charge is -2.13. The van der Waals surface area contributed by atoms with Crippen LogP contribution in [0.5, 0.6) is 0 Å². The van der Waals surface area contributed by atoms with Crippen LogP contribution in [0.1, 0.15) is 6.92 Å². The van der Waals surface area contributed by atoms with Gasteiger partial charge in [0, 0.05) is 0 Å². The molecule has 21 heavy (non-hydrogen) atoms. The first-order chi connectivity index (χ1) is 10.1. The fourth-order valence-corrected chi connectivity index (χ4v) is 2.24. The third kappa shape index (κ3) is 2.79. The molecule has 0 atom stereocenters. The van der Waals surface area contributed by atoms with Crippen molar-refractivity contribution in [2.24, 2.45) is 0 Å². The number of carbonyl (C=O) groups excluding carboxylic acids is 2. The van der Waals surface area contributed by atoms with Crippen LogP contribution >= 0.6 is 0 Å². The van der Waals surface area contributed by atoms with E-state index in [0.29, 0.717) is 5.57 Å². The Labute approximate surface area is 123 Å². The molecule has 0 radical (unpaired) electrons. The largest absolute Gasteiger partial charge is 0.465 e. The molecule has 0 aromatic carbocycles. The second-order valence-corrected chi connectivity index (χ2v) is 4.53. The summed E-state index contributed by atoms with van der Waals surface area (Å²) in [5, 5.41) is 0.